The van der Waals surface area contributed by atoms with E-state index in [2.05, 4.69) is 4.98 Å². The summed E-state index contributed by atoms with van der Waals surface area (Å²) in [5, 5.41) is 0.937. The summed E-state index contributed by atoms with van der Waals surface area (Å²) >= 11 is 0. The molecule has 1 aromatic heterocycles. The first-order chi connectivity index (χ1) is 7.24. The standard InChI is InChI=1S/C11H12F2N2/c12-11(13)9(6-14)8-3-1-2-7-4-5-15-10(7)8/h1-5,9,11,15H,6,14H2. The average Bonchev–Trinajstić information content (AvgIpc) is 2.66. The van der Waals surface area contributed by atoms with Crippen molar-refractivity contribution in [3.05, 3.63) is 36.0 Å². The second-order valence-corrected chi connectivity index (χ2v) is 3.47. The smallest absolute Gasteiger partial charge is 0.246 e. The molecule has 3 N–H and O–H groups in total. The van der Waals surface area contributed by atoms with Gasteiger partial charge in [0.05, 0.1) is 5.92 Å². The van der Waals surface area contributed by atoms with Crippen LogP contribution in [0.15, 0.2) is 30.5 Å². The van der Waals surface area contributed by atoms with Gasteiger partial charge in [0.15, 0.2) is 0 Å². The fourth-order valence-corrected chi connectivity index (χ4v) is 1.78. The molecule has 0 aliphatic rings. The van der Waals surface area contributed by atoms with E-state index in [1.807, 2.05) is 12.1 Å². The quantitative estimate of drug-likeness (QED) is 0.802. The molecule has 0 fully saturated rings. The van der Waals surface area contributed by atoms with Crippen molar-refractivity contribution in [2.24, 2.45) is 5.73 Å². The number of nitrogens with two attached hydrogens (primary N) is 1. The van der Waals surface area contributed by atoms with Crippen molar-refractivity contribution in [1.29, 1.82) is 0 Å². The van der Waals surface area contributed by atoms with Gasteiger partial charge in [-0.05, 0) is 17.0 Å². The number of H-pyrrole nitrogens is 1. The number of aromatic nitrogens is 1. The molecule has 0 saturated heterocycles. The first kappa shape index (κ1) is 10.1. The van der Waals surface area contributed by atoms with Gasteiger partial charge in [-0.25, -0.2) is 8.78 Å². The van der Waals surface area contributed by atoms with E-state index in [1.165, 1.54) is 0 Å². The Labute approximate surface area is 86.1 Å². The predicted octanol–water partition coefficient (Wildman–Crippen LogP) is 2.48. The summed E-state index contributed by atoms with van der Waals surface area (Å²) in [6.07, 6.45) is -0.684. The first-order valence-electron chi connectivity index (χ1n) is 4.78. The van der Waals surface area contributed by atoms with Crippen LogP contribution >= 0.6 is 0 Å². The van der Waals surface area contributed by atoms with Crippen LogP contribution in [0.1, 0.15) is 11.5 Å². The molecule has 0 saturated carbocycles. The number of para-hydroxylation sites is 1. The summed E-state index contributed by atoms with van der Waals surface area (Å²) in [7, 11) is 0. The molecule has 2 aromatic rings. The van der Waals surface area contributed by atoms with Gasteiger partial charge in [-0.15, -0.1) is 0 Å². The molecule has 1 heterocycles. The summed E-state index contributed by atoms with van der Waals surface area (Å²) < 4.78 is 25.5. The molecule has 2 rings (SSSR count). The molecule has 2 nitrogen and oxygen atoms in total. The number of rotatable bonds is 3. The molecule has 80 valence electrons. The third-order valence-corrected chi connectivity index (χ3v) is 2.58. The van der Waals surface area contributed by atoms with Crippen molar-refractivity contribution in [3.63, 3.8) is 0 Å². The first-order valence-corrected chi connectivity index (χ1v) is 4.78. The van der Waals surface area contributed by atoms with Crippen LogP contribution in [-0.4, -0.2) is 18.0 Å². The van der Waals surface area contributed by atoms with Gasteiger partial charge >= 0.3 is 0 Å². The third-order valence-electron chi connectivity index (χ3n) is 2.58. The highest BCUT2D eigenvalue weighted by molar-refractivity contribution is 5.83. The Hall–Kier alpha value is -1.42. The summed E-state index contributed by atoms with van der Waals surface area (Å²) in [4.78, 5) is 2.97. The highest BCUT2D eigenvalue weighted by atomic mass is 19.3. The second kappa shape index (κ2) is 3.98. The highest BCUT2D eigenvalue weighted by Gasteiger charge is 2.22. The molecule has 0 bridgehead atoms. The number of benzene rings is 1. The molecule has 1 aromatic carbocycles. The van der Waals surface area contributed by atoms with Gasteiger partial charge in [0.2, 0.25) is 6.43 Å². The Morgan fingerprint density at radius 2 is 2.07 bits per heavy atom. The van der Waals surface area contributed by atoms with E-state index >= 15 is 0 Å². The van der Waals surface area contributed by atoms with Gasteiger partial charge < -0.3 is 10.7 Å². The summed E-state index contributed by atoms with van der Waals surface area (Å²) in [5.74, 6) is -0.896. The van der Waals surface area contributed by atoms with E-state index in [4.69, 9.17) is 5.73 Å². The Morgan fingerprint density at radius 1 is 1.27 bits per heavy atom. The summed E-state index contributed by atoms with van der Waals surface area (Å²) in [6.45, 7) is -0.0458. The number of hydrogen-bond donors (Lipinski definition) is 2. The van der Waals surface area contributed by atoms with E-state index in [0.29, 0.717) is 5.56 Å². The van der Waals surface area contributed by atoms with Gasteiger partial charge in [0.1, 0.15) is 0 Å². The summed E-state index contributed by atoms with van der Waals surface area (Å²) in [5.41, 5.74) is 6.72. The highest BCUT2D eigenvalue weighted by Crippen LogP contribution is 2.28. The number of hydrogen-bond acceptors (Lipinski definition) is 1. The van der Waals surface area contributed by atoms with Crippen LogP contribution in [0.4, 0.5) is 8.78 Å². The Bertz CT molecular complexity index is 451. The van der Waals surface area contributed by atoms with Crippen LogP contribution < -0.4 is 5.73 Å². The SMILES string of the molecule is NCC(c1cccc2cc[nH]c12)C(F)F. The molecule has 1 unspecified atom stereocenters. The number of nitrogens with one attached hydrogen (secondary N) is 1. The molecular weight excluding hydrogens is 198 g/mol. The van der Waals surface area contributed by atoms with Crippen molar-refractivity contribution in [2.45, 2.75) is 12.3 Å². The zero-order valence-electron chi connectivity index (χ0n) is 8.08. The number of fused-ring (bicyclic) bond motifs is 1. The van der Waals surface area contributed by atoms with Gasteiger partial charge in [-0.1, -0.05) is 18.2 Å². The fraction of sp³-hybridized carbons (Fsp3) is 0.273. The van der Waals surface area contributed by atoms with Crippen molar-refractivity contribution in [2.75, 3.05) is 6.54 Å². The third kappa shape index (κ3) is 1.72. The monoisotopic (exact) mass is 210 g/mol. The molecule has 0 radical (unpaired) electrons. The van der Waals surface area contributed by atoms with Crippen LogP contribution in [0.25, 0.3) is 10.9 Å². The van der Waals surface area contributed by atoms with E-state index in [1.54, 1.807) is 18.3 Å². The normalized spacial score (nSPS) is 13.6. The van der Waals surface area contributed by atoms with E-state index in [-0.39, 0.29) is 6.54 Å². The molecule has 0 amide bonds. The summed E-state index contributed by atoms with van der Waals surface area (Å²) in [6, 6.07) is 7.21. The second-order valence-electron chi connectivity index (χ2n) is 3.47. The van der Waals surface area contributed by atoms with Crippen LogP contribution in [-0.2, 0) is 0 Å². The fourth-order valence-electron chi connectivity index (χ4n) is 1.78. The minimum Gasteiger partial charge on any atom is -0.361 e. The van der Waals surface area contributed by atoms with Crippen LogP contribution in [0.2, 0.25) is 0 Å². The van der Waals surface area contributed by atoms with Gasteiger partial charge in [0, 0.05) is 18.3 Å². The number of aromatic amines is 1. The molecule has 0 aliphatic carbocycles. The lowest BCUT2D eigenvalue weighted by Crippen LogP contribution is -2.19. The largest absolute Gasteiger partial charge is 0.361 e. The van der Waals surface area contributed by atoms with E-state index < -0.39 is 12.3 Å². The van der Waals surface area contributed by atoms with Crippen LogP contribution in [0, 0.1) is 0 Å². The van der Waals surface area contributed by atoms with Crippen molar-refractivity contribution in [1.82, 2.24) is 4.98 Å². The Kier molecular flexibility index (Phi) is 2.68. The zero-order valence-corrected chi connectivity index (χ0v) is 8.08. The van der Waals surface area contributed by atoms with Crippen molar-refractivity contribution < 1.29 is 8.78 Å². The van der Waals surface area contributed by atoms with Crippen LogP contribution in [0.3, 0.4) is 0 Å². The molecule has 0 aliphatic heterocycles. The van der Waals surface area contributed by atoms with Gasteiger partial charge in [-0.3, -0.25) is 0 Å². The lowest BCUT2D eigenvalue weighted by Gasteiger charge is -2.14. The molecule has 15 heavy (non-hydrogen) atoms. The van der Waals surface area contributed by atoms with Crippen molar-refractivity contribution >= 4 is 10.9 Å². The molecular formula is C11H12F2N2. The molecule has 1 atom stereocenters. The molecule has 0 spiro atoms. The van der Waals surface area contributed by atoms with Gasteiger partial charge in [0.25, 0.3) is 0 Å². The average molecular weight is 210 g/mol. The lowest BCUT2D eigenvalue weighted by atomic mass is 9.97. The number of alkyl halides is 2. The maximum Gasteiger partial charge on any atom is 0.246 e. The zero-order chi connectivity index (χ0) is 10.8. The maximum absolute atomic E-state index is 12.7. The Balaban J connectivity index is 2.54. The topological polar surface area (TPSA) is 41.8 Å². The lowest BCUT2D eigenvalue weighted by molar-refractivity contribution is 0.117. The Morgan fingerprint density at radius 3 is 2.73 bits per heavy atom. The number of halogens is 2. The van der Waals surface area contributed by atoms with Gasteiger partial charge in [-0.2, -0.15) is 0 Å². The minimum absolute atomic E-state index is 0.0458. The molecule has 4 heteroatoms. The maximum atomic E-state index is 12.7. The van der Waals surface area contributed by atoms with E-state index in [9.17, 15) is 8.78 Å². The van der Waals surface area contributed by atoms with Crippen molar-refractivity contribution in [3.8, 4) is 0 Å². The van der Waals surface area contributed by atoms with E-state index in [0.717, 1.165) is 10.9 Å². The minimum atomic E-state index is -2.43. The van der Waals surface area contributed by atoms with Crippen LogP contribution in [0.5, 0.6) is 0 Å². The predicted molar refractivity (Wildman–Crippen MR) is 56.1 cm³/mol.